The molecule has 4 heterocycles. The molecule has 1 atom stereocenters. The molecular weight excluding hydrogens is 481 g/mol. The molecule has 1 aromatic carbocycles. The molecule has 0 amide bonds. The predicted molar refractivity (Wildman–Crippen MR) is 138 cm³/mol. The number of fused-ring (bicyclic) bond motifs is 1. The van der Waals surface area contributed by atoms with Crippen molar-refractivity contribution in [1.29, 1.82) is 0 Å². The normalized spacial score (nSPS) is 20.4. The minimum Gasteiger partial charge on any atom is -0.462 e. The van der Waals surface area contributed by atoms with E-state index >= 15 is 4.39 Å². The summed E-state index contributed by atoms with van der Waals surface area (Å²) in [5.41, 5.74) is 3.27. The van der Waals surface area contributed by atoms with E-state index in [-0.39, 0.29) is 23.4 Å². The second kappa shape index (κ2) is 10.1. The third-order valence-electron chi connectivity index (χ3n) is 7.18. The van der Waals surface area contributed by atoms with Gasteiger partial charge >= 0.3 is 6.01 Å². The van der Waals surface area contributed by atoms with Gasteiger partial charge in [-0.1, -0.05) is 0 Å². The van der Waals surface area contributed by atoms with Crippen LogP contribution in [0.5, 0.6) is 6.01 Å². The van der Waals surface area contributed by atoms with Crippen molar-refractivity contribution < 1.29 is 17.9 Å². The van der Waals surface area contributed by atoms with Gasteiger partial charge in [0.05, 0.1) is 18.8 Å². The molecule has 2 aromatic heterocycles. The Bertz CT molecular complexity index is 1300. The SMILES string of the molecule is Cc1cc(C)nc(-c2c(C)cc3c(N4CCNCC(F)(F)C4)nc(OC[C@@H]4CCCN4C)nc3c2F)c1. The molecule has 0 saturated carbocycles. The van der Waals surface area contributed by atoms with Crippen LogP contribution in [-0.4, -0.2) is 78.2 Å². The number of nitrogens with zero attached hydrogens (tertiary/aromatic N) is 5. The molecule has 0 spiro atoms. The summed E-state index contributed by atoms with van der Waals surface area (Å²) in [7, 11) is 2.03. The number of likely N-dealkylation sites (tertiary alicyclic amines) is 1. The van der Waals surface area contributed by atoms with E-state index in [1.165, 1.54) is 4.90 Å². The van der Waals surface area contributed by atoms with Crippen LogP contribution < -0.4 is 15.0 Å². The van der Waals surface area contributed by atoms with Gasteiger partial charge in [-0.2, -0.15) is 9.97 Å². The Morgan fingerprint density at radius 1 is 1.11 bits per heavy atom. The zero-order chi connectivity index (χ0) is 26.3. The van der Waals surface area contributed by atoms with Gasteiger partial charge in [0.1, 0.15) is 17.9 Å². The molecule has 5 rings (SSSR count). The second-order valence-corrected chi connectivity index (χ2v) is 10.3. The van der Waals surface area contributed by atoms with Crippen LogP contribution in [0.4, 0.5) is 19.0 Å². The van der Waals surface area contributed by atoms with Gasteiger partial charge in [0.2, 0.25) is 0 Å². The van der Waals surface area contributed by atoms with Gasteiger partial charge in [-0.15, -0.1) is 0 Å². The first-order valence-corrected chi connectivity index (χ1v) is 12.7. The molecule has 7 nitrogen and oxygen atoms in total. The maximum atomic E-state index is 16.3. The van der Waals surface area contributed by atoms with Crippen LogP contribution in [0.15, 0.2) is 18.2 Å². The van der Waals surface area contributed by atoms with Crippen molar-refractivity contribution in [2.24, 2.45) is 0 Å². The fourth-order valence-corrected chi connectivity index (χ4v) is 5.35. The van der Waals surface area contributed by atoms with E-state index in [0.29, 0.717) is 41.9 Å². The van der Waals surface area contributed by atoms with Crippen LogP contribution in [0.25, 0.3) is 22.2 Å². The molecule has 2 saturated heterocycles. The van der Waals surface area contributed by atoms with Gasteiger partial charge in [0.25, 0.3) is 5.92 Å². The van der Waals surface area contributed by atoms with Gasteiger partial charge < -0.3 is 19.9 Å². The molecule has 0 unspecified atom stereocenters. The van der Waals surface area contributed by atoms with Crippen molar-refractivity contribution in [3.05, 3.63) is 40.8 Å². The number of aryl methyl sites for hydroxylation is 3. The minimum absolute atomic E-state index is 0.00888. The lowest BCUT2D eigenvalue weighted by Gasteiger charge is -2.27. The highest BCUT2D eigenvalue weighted by molar-refractivity contribution is 5.94. The Morgan fingerprint density at radius 3 is 2.65 bits per heavy atom. The van der Waals surface area contributed by atoms with Gasteiger partial charge in [-0.3, -0.25) is 4.98 Å². The summed E-state index contributed by atoms with van der Waals surface area (Å²) < 4.78 is 51.3. The third kappa shape index (κ3) is 5.36. The molecular formula is C27H33F3N6O. The molecule has 2 aliphatic heterocycles. The van der Waals surface area contributed by atoms with Crippen molar-refractivity contribution in [2.45, 2.75) is 45.6 Å². The van der Waals surface area contributed by atoms with Gasteiger partial charge in [-0.25, -0.2) is 13.2 Å². The number of benzene rings is 1. The quantitative estimate of drug-likeness (QED) is 0.545. The summed E-state index contributed by atoms with van der Waals surface area (Å²) in [6.07, 6.45) is 2.06. The first-order valence-electron chi connectivity index (χ1n) is 12.7. The summed E-state index contributed by atoms with van der Waals surface area (Å²) in [6, 6.07) is 5.73. The summed E-state index contributed by atoms with van der Waals surface area (Å²) >= 11 is 0. The maximum Gasteiger partial charge on any atom is 0.319 e. The average Bonchev–Trinajstić information content (AvgIpc) is 3.14. The Kier molecular flexibility index (Phi) is 6.97. The summed E-state index contributed by atoms with van der Waals surface area (Å²) in [5, 5.41) is 3.16. The number of rotatable bonds is 5. The Balaban J connectivity index is 1.65. The van der Waals surface area contributed by atoms with E-state index in [9.17, 15) is 8.78 Å². The summed E-state index contributed by atoms with van der Waals surface area (Å²) in [6.45, 7) is 6.63. The van der Waals surface area contributed by atoms with Gasteiger partial charge in [0, 0.05) is 35.8 Å². The van der Waals surface area contributed by atoms with Crippen molar-refractivity contribution in [3.8, 4) is 17.3 Å². The van der Waals surface area contributed by atoms with Crippen LogP contribution in [0.3, 0.4) is 0 Å². The van der Waals surface area contributed by atoms with Gasteiger partial charge in [-0.05, 0) is 76.5 Å². The first kappa shape index (κ1) is 25.7. The second-order valence-electron chi connectivity index (χ2n) is 10.3. The molecule has 10 heteroatoms. The molecule has 0 radical (unpaired) electrons. The van der Waals surface area contributed by atoms with Crippen LogP contribution >= 0.6 is 0 Å². The topological polar surface area (TPSA) is 66.4 Å². The minimum atomic E-state index is -2.96. The number of hydrogen-bond donors (Lipinski definition) is 1. The zero-order valence-electron chi connectivity index (χ0n) is 21.7. The number of anilines is 1. The predicted octanol–water partition coefficient (Wildman–Crippen LogP) is 4.27. The first-order chi connectivity index (χ1) is 17.6. The molecule has 37 heavy (non-hydrogen) atoms. The van der Waals surface area contributed by atoms with E-state index in [1.54, 1.807) is 13.0 Å². The zero-order valence-corrected chi connectivity index (χ0v) is 21.7. The third-order valence-corrected chi connectivity index (χ3v) is 7.18. The highest BCUT2D eigenvalue weighted by Gasteiger charge is 2.35. The van der Waals surface area contributed by atoms with E-state index in [2.05, 4.69) is 25.2 Å². The van der Waals surface area contributed by atoms with E-state index < -0.39 is 24.8 Å². The Labute approximate surface area is 215 Å². The molecule has 3 aromatic rings. The van der Waals surface area contributed by atoms with E-state index in [1.807, 2.05) is 33.0 Å². The lowest BCUT2D eigenvalue weighted by molar-refractivity contribution is 0.0156. The van der Waals surface area contributed by atoms with Crippen molar-refractivity contribution in [1.82, 2.24) is 25.2 Å². The van der Waals surface area contributed by atoms with Crippen LogP contribution in [0.2, 0.25) is 0 Å². The molecule has 2 aliphatic rings. The number of nitrogens with one attached hydrogen (secondary N) is 1. The fraction of sp³-hybridized carbons (Fsp3) is 0.519. The number of alkyl halides is 2. The lowest BCUT2D eigenvalue weighted by atomic mass is 9.99. The van der Waals surface area contributed by atoms with Crippen molar-refractivity contribution in [3.63, 3.8) is 0 Å². The standard InChI is InChI=1S/C27H33F3N6O/c1-16-10-18(3)32-21(11-16)22-17(2)12-20-24(23(22)28)33-26(37-13-19-6-5-8-35(19)4)34-25(20)36-9-7-31-14-27(29,30)15-36/h10-12,19,31H,5-9,13-15H2,1-4H3/t19-/m0/s1. The van der Waals surface area contributed by atoms with Crippen molar-refractivity contribution >= 4 is 16.7 Å². The Hall–Kier alpha value is -2.98. The number of hydrogen-bond acceptors (Lipinski definition) is 7. The summed E-state index contributed by atoms with van der Waals surface area (Å²) in [5.74, 6) is -3.26. The van der Waals surface area contributed by atoms with E-state index in [4.69, 9.17) is 4.74 Å². The number of ether oxygens (including phenoxy) is 1. The van der Waals surface area contributed by atoms with Crippen LogP contribution in [0, 0.1) is 26.6 Å². The molecule has 0 bridgehead atoms. The number of likely N-dealkylation sites (N-methyl/N-ethyl adjacent to an activating group) is 1. The highest BCUT2D eigenvalue weighted by atomic mass is 19.3. The fourth-order valence-electron chi connectivity index (χ4n) is 5.35. The maximum absolute atomic E-state index is 16.3. The highest BCUT2D eigenvalue weighted by Crippen LogP contribution is 2.37. The number of aromatic nitrogens is 3. The molecule has 0 aliphatic carbocycles. The number of halogens is 3. The van der Waals surface area contributed by atoms with Crippen LogP contribution in [0.1, 0.15) is 29.7 Å². The largest absolute Gasteiger partial charge is 0.462 e. The van der Waals surface area contributed by atoms with Gasteiger partial charge in [0.15, 0.2) is 5.82 Å². The smallest absolute Gasteiger partial charge is 0.319 e. The molecule has 2 fully saturated rings. The number of pyridine rings is 1. The van der Waals surface area contributed by atoms with Crippen molar-refractivity contribution in [2.75, 3.05) is 51.3 Å². The Morgan fingerprint density at radius 2 is 1.92 bits per heavy atom. The van der Waals surface area contributed by atoms with E-state index in [0.717, 1.165) is 30.6 Å². The van der Waals surface area contributed by atoms with Crippen LogP contribution in [-0.2, 0) is 0 Å². The average molecular weight is 515 g/mol. The summed E-state index contributed by atoms with van der Waals surface area (Å²) in [4.78, 5) is 17.3. The molecule has 1 N–H and O–H groups in total. The monoisotopic (exact) mass is 514 g/mol. The molecule has 198 valence electrons. The lowest BCUT2D eigenvalue weighted by Crippen LogP contribution is -2.39.